The molecule has 0 aliphatic rings. The molecule has 0 N–H and O–H groups in total. The molecular weight excluding hydrogens is 224 g/mol. The number of hydrogen-bond donors (Lipinski definition) is 1. The van der Waals surface area contributed by atoms with Crippen LogP contribution in [0.4, 0.5) is 0 Å². The molecule has 2 aromatic rings. The van der Waals surface area contributed by atoms with E-state index in [0.717, 1.165) is 5.75 Å². The fraction of sp³-hybridized carbons (Fsp3) is 0.125. The van der Waals surface area contributed by atoms with Crippen LogP contribution in [0.2, 0.25) is 0 Å². The fourth-order valence-corrected chi connectivity index (χ4v) is 2.01. The van der Waals surface area contributed by atoms with Crippen LogP contribution in [0, 0.1) is 6.92 Å². The first kappa shape index (κ1) is 12.0. The molecule has 86 valence electrons. The van der Waals surface area contributed by atoms with Crippen molar-refractivity contribution in [2.45, 2.75) is 6.92 Å². The molecule has 0 unspecified atom stereocenters. The van der Waals surface area contributed by atoms with Gasteiger partial charge in [0.25, 0.3) is 0 Å². The van der Waals surface area contributed by atoms with Crippen molar-refractivity contribution >= 4 is 24.3 Å². The van der Waals surface area contributed by atoms with E-state index in [0.29, 0.717) is 0 Å². The SMILES string of the molecule is Cc1ccc(C=C(CS)c2ccccc2)cc1. The molecule has 2 rings (SSSR count). The molecule has 0 saturated carbocycles. The Kier molecular flexibility index (Phi) is 4.05. The van der Waals surface area contributed by atoms with Crippen molar-refractivity contribution in [3.05, 3.63) is 71.3 Å². The van der Waals surface area contributed by atoms with Crippen LogP contribution in [-0.4, -0.2) is 5.75 Å². The summed E-state index contributed by atoms with van der Waals surface area (Å²) in [5.74, 6) is 0.748. The molecule has 2 aromatic carbocycles. The van der Waals surface area contributed by atoms with Gasteiger partial charge >= 0.3 is 0 Å². The van der Waals surface area contributed by atoms with Crippen molar-refractivity contribution in [2.24, 2.45) is 0 Å². The summed E-state index contributed by atoms with van der Waals surface area (Å²) in [4.78, 5) is 0. The first-order chi connectivity index (χ1) is 8.29. The number of thiol groups is 1. The van der Waals surface area contributed by atoms with Crippen LogP contribution >= 0.6 is 12.6 Å². The lowest BCUT2D eigenvalue weighted by molar-refractivity contribution is 1.46. The molecular formula is C16H16S. The highest BCUT2D eigenvalue weighted by atomic mass is 32.1. The van der Waals surface area contributed by atoms with Gasteiger partial charge in [0.2, 0.25) is 0 Å². The van der Waals surface area contributed by atoms with Gasteiger partial charge in [-0.1, -0.05) is 66.2 Å². The average Bonchev–Trinajstić information content (AvgIpc) is 2.39. The third-order valence-electron chi connectivity index (χ3n) is 2.73. The third-order valence-corrected chi connectivity index (χ3v) is 3.07. The number of hydrogen-bond acceptors (Lipinski definition) is 1. The van der Waals surface area contributed by atoms with Crippen molar-refractivity contribution in [1.29, 1.82) is 0 Å². The van der Waals surface area contributed by atoms with Gasteiger partial charge in [-0.25, -0.2) is 0 Å². The molecule has 0 spiro atoms. The Balaban J connectivity index is 2.33. The highest BCUT2D eigenvalue weighted by Crippen LogP contribution is 2.19. The summed E-state index contributed by atoms with van der Waals surface area (Å²) in [6.45, 7) is 2.10. The van der Waals surface area contributed by atoms with Crippen LogP contribution in [0.15, 0.2) is 54.6 Å². The molecule has 0 amide bonds. The quantitative estimate of drug-likeness (QED) is 0.594. The topological polar surface area (TPSA) is 0 Å². The molecule has 0 heterocycles. The van der Waals surface area contributed by atoms with E-state index in [1.807, 2.05) is 6.07 Å². The van der Waals surface area contributed by atoms with Gasteiger partial charge in [-0.3, -0.25) is 0 Å². The van der Waals surface area contributed by atoms with E-state index < -0.39 is 0 Å². The maximum absolute atomic E-state index is 4.41. The van der Waals surface area contributed by atoms with E-state index >= 15 is 0 Å². The zero-order chi connectivity index (χ0) is 12.1. The Bertz CT molecular complexity index is 495. The monoisotopic (exact) mass is 240 g/mol. The molecule has 0 fully saturated rings. The van der Waals surface area contributed by atoms with Gasteiger partial charge in [-0.15, -0.1) is 0 Å². The van der Waals surface area contributed by atoms with Crippen molar-refractivity contribution in [1.82, 2.24) is 0 Å². The van der Waals surface area contributed by atoms with Crippen LogP contribution in [0.1, 0.15) is 16.7 Å². The lowest BCUT2D eigenvalue weighted by atomic mass is 10.0. The maximum atomic E-state index is 4.41. The van der Waals surface area contributed by atoms with Crippen LogP contribution in [0.5, 0.6) is 0 Å². The Hall–Kier alpha value is -1.47. The van der Waals surface area contributed by atoms with E-state index in [4.69, 9.17) is 0 Å². The Morgan fingerprint density at radius 2 is 1.65 bits per heavy atom. The second-order valence-electron chi connectivity index (χ2n) is 4.10. The molecule has 1 heteroatoms. The summed E-state index contributed by atoms with van der Waals surface area (Å²) in [7, 11) is 0. The fourth-order valence-electron chi connectivity index (χ4n) is 1.74. The first-order valence-electron chi connectivity index (χ1n) is 5.73. The minimum Gasteiger partial charge on any atom is -0.175 e. The normalized spacial score (nSPS) is 11.5. The first-order valence-corrected chi connectivity index (χ1v) is 6.36. The molecule has 0 bridgehead atoms. The molecule has 0 aliphatic heterocycles. The van der Waals surface area contributed by atoms with Crippen molar-refractivity contribution < 1.29 is 0 Å². The molecule has 0 aromatic heterocycles. The summed E-state index contributed by atoms with van der Waals surface area (Å²) in [5.41, 5.74) is 5.00. The van der Waals surface area contributed by atoms with E-state index in [2.05, 4.69) is 74.2 Å². The van der Waals surface area contributed by atoms with Crippen LogP contribution in [-0.2, 0) is 0 Å². The zero-order valence-corrected chi connectivity index (χ0v) is 10.8. The molecule has 0 aliphatic carbocycles. The number of benzene rings is 2. The van der Waals surface area contributed by atoms with Crippen LogP contribution in [0.3, 0.4) is 0 Å². The summed E-state index contributed by atoms with van der Waals surface area (Å²) >= 11 is 4.41. The lowest BCUT2D eigenvalue weighted by Gasteiger charge is -2.05. The van der Waals surface area contributed by atoms with E-state index in [1.165, 1.54) is 22.3 Å². The Morgan fingerprint density at radius 3 is 2.24 bits per heavy atom. The molecule has 0 radical (unpaired) electrons. The van der Waals surface area contributed by atoms with Gasteiger partial charge < -0.3 is 0 Å². The molecule has 0 atom stereocenters. The van der Waals surface area contributed by atoms with Gasteiger partial charge in [-0.2, -0.15) is 12.6 Å². The second kappa shape index (κ2) is 5.74. The zero-order valence-electron chi connectivity index (χ0n) is 9.93. The highest BCUT2D eigenvalue weighted by Gasteiger charge is 1.98. The molecule has 0 saturated heterocycles. The minimum absolute atomic E-state index is 0.748. The smallest absolute Gasteiger partial charge is 0.0160 e. The van der Waals surface area contributed by atoms with Crippen LogP contribution in [0.25, 0.3) is 11.6 Å². The average molecular weight is 240 g/mol. The largest absolute Gasteiger partial charge is 0.175 e. The summed E-state index contributed by atoms with van der Waals surface area (Å²) in [5, 5.41) is 0. The third kappa shape index (κ3) is 3.24. The van der Waals surface area contributed by atoms with Gasteiger partial charge in [-0.05, 0) is 23.6 Å². The Labute approximate surface area is 108 Å². The predicted octanol–water partition coefficient (Wildman–Crippen LogP) is 4.47. The van der Waals surface area contributed by atoms with E-state index in [9.17, 15) is 0 Å². The van der Waals surface area contributed by atoms with Gasteiger partial charge in [0.1, 0.15) is 0 Å². The number of aryl methyl sites for hydroxylation is 1. The second-order valence-corrected chi connectivity index (χ2v) is 4.42. The summed E-state index contributed by atoms with van der Waals surface area (Å²) in [6, 6.07) is 18.9. The highest BCUT2D eigenvalue weighted by molar-refractivity contribution is 7.80. The van der Waals surface area contributed by atoms with Crippen molar-refractivity contribution in [3.63, 3.8) is 0 Å². The maximum Gasteiger partial charge on any atom is 0.0160 e. The van der Waals surface area contributed by atoms with Crippen molar-refractivity contribution in [2.75, 3.05) is 5.75 Å². The van der Waals surface area contributed by atoms with E-state index in [-0.39, 0.29) is 0 Å². The van der Waals surface area contributed by atoms with Gasteiger partial charge in [0.15, 0.2) is 0 Å². The minimum atomic E-state index is 0.748. The lowest BCUT2D eigenvalue weighted by Crippen LogP contribution is -1.86. The standard InChI is InChI=1S/C16H16S/c1-13-7-9-14(10-8-13)11-16(12-17)15-5-3-2-4-6-15/h2-11,17H,12H2,1H3. The van der Waals surface area contributed by atoms with Crippen molar-refractivity contribution in [3.8, 4) is 0 Å². The number of rotatable bonds is 3. The predicted molar refractivity (Wildman–Crippen MR) is 79.3 cm³/mol. The Morgan fingerprint density at radius 1 is 1.00 bits per heavy atom. The summed E-state index contributed by atoms with van der Waals surface area (Å²) in [6.07, 6.45) is 2.20. The molecule has 0 nitrogen and oxygen atoms in total. The van der Waals surface area contributed by atoms with Gasteiger partial charge in [0, 0.05) is 5.75 Å². The summed E-state index contributed by atoms with van der Waals surface area (Å²) < 4.78 is 0. The molecule has 17 heavy (non-hydrogen) atoms. The van der Waals surface area contributed by atoms with E-state index in [1.54, 1.807) is 0 Å². The van der Waals surface area contributed by atoms with Gasteiger partial charge in [0.05, 0.1) is 0 Å². The van der Waals surface area contributed by atoms with Crippen LogP contribution < -0.4 is 0 Å².